The molecule has 1 aromatic rings. The van der Waals surface area contributed by atoms with Crippen LogP contribution in [0.25, 0.3) is 0 Å². The van der Waals surface area contributed by atoms with Gasteiger partial charge in [-0.2, -0.15) is 8.78 Å². The lowest BCUT2D eigenvalue weighted by molar-refractivity contribution is 0.234. The number of hydrogen-bond donors (Lipinski definition) is 1. The number of alkyl halides is 2. The van der Waals surface area contributed by atoms with Crippen molar-refractivity contribution in [3.8, 4) is 0 Å². The van der Waals surface area contributed by atoms with Gasteiger partial charge in [0.25, 0.3) is 0 Å². The second-order valence-corrected chi connectivity index (χ2v) is 7.77. The molecule has 0 bridgehead atoms. The van der Waals surface area contributed by atoms with Gasteiger partial charge in [0, 0.05) is 11.7 Å². The molecule has 1 aromatic carbocycles. The van der Waals surface area contributed by atoms with Gasteiger partial charge in [-0.25, -0.2) is 8.42 Å². The number of anilines is 1. The monoisotopic (exact) mass is 317 g/mol. The van der Waals surface area contributed by atoms with Crippen molar-refractivity contribution < 1.29 is 17.2 Å². The zero-order chi connectivity index (χ0) is 15.6. The fraction of sp³-hybridized carbons (Fsp3) is 0.600. The van der Waals surface area contributed by atoms with Crippen LogP contribution < -0.4 is 5.32 Å². The predicted molar refractivity (Wildman–Crippen MR) is 79.2 cm³/mol. The van der Waals surface area contributed by atoms with Crippen molar-refractivity contribution in [1.82, 2.24) is 0 Å². The number of sulfone groups is 1. The third-order valence-electron chi connectivity index (χ3n) is 4.48. The first-order chi connectivity index (χ1) is 9.82. The lowest BCUT2D eigenvalue weighted by Gasteiger charge is -2.35. The van der Waals surface area contributed by atoms with Gasteiger partial charge in [-0.3, -0.25) is 0 Å². The van der Waals surface area contributed by atoms with Gasteiger partial charge in [0.2, 0.25) is 9.84 Å². The minimum Gasteiger partial charge on any atom is -0.382 e. The lowest BCUT2D eigenvalue weighted by atomic mass is 9.78. The zero-order valence-corrected chi connectivity index (χ0v) is 13.0. The molecule has 1 fully saturated rings. The summed E-state index contributed by atoms with van der Waals surface area (Å²) in [4.78, 5) is -0.340. The SMILES string of the molecule is CC1CCCC(Nc2ccc(S(=O)(=O)C(F)F)cc2)C1C. The molecule has 118 valence electrons. The fourth-order valence-corrected chi connectivity index (χ4v) is 3.56. The van der Waals surface area contributed by atoms with Crippen molar-refractivity contribution in [2.45, 2.75) is 49.8 Å². The van der Waals surface area contributed by atoms with E-state index in [-0.39, 0.29) is 4.90 Å². The molecular weight excluding hydrogens is 296 g/mol. The molecule has 0 saturated heterocycles. The van der Waals surface area contributed by atoms with Crippen LogP contribution >= 0.6 is 0 Å². The summed E-state index contributed by atoms with van der Waals surface area (Å²) >= 11 is 0. The fourth-order valence-electron chi connectivity index (χ4n) is 2.84. The normalized spacial score (nSPS) is 26.8. The topological polar surface area (TPSA) is 46.2 Å². The Labute approximate surface area is 124 Å². The quantitative estimate of drug-likeness (QED) is 0.915. The van der Waals surface area contributed by atoms with Gasteiger partial charge in [-0.15, -0.1) is 0 Å². The van der Waals surface area contributed by atoms with Gasteiger partial charge < -0.3 is 5.32 Å². The van der Waals surface area contributed by atoms with E-state index in [0.29, 0.717) is 17.9 Å². The minimum absolute atomic E-state index is 0.339. The van der Waals surface area contributed by atoms with E-state index < -0.39 is 15.6 Å². The highest BCUT2D eigenvalue weighted by Gasteiger charge is 2.28. The van der Waals surface area contributed by atoms with Crippen molar-refractivity contribution in [1.29, 1.82) is 0 Å². The van der Waals surface area contributed by atoms with E-state index in [1.165, 1.54) is 25.0 Å². The summed E-state index contributed by atoms with van der Waals surface area (Å²) in [5, 5.41) is 3.39. The van der Waals surface area contributed by atoms with Gasteiger partial charge in [0.05, 0.1) is 4.90 Å². The Morgan fingerprint density at radius 2 is 1.76 bits per heavy atom. The Balaban J connectivity index is 2.10. The predicted octanol–water partition coefficient (Wildman–Crippen LogP) is 3.92. The summed E-state index contributed by atoms with van der Waals surface area (Å²) in [5.74, 6) is -2.20. The van der Waals surface area contributed by atoms with Crippen molar-refractivity contribution >= 4 is 15.5 Å². The molecular formula is C15H21F2NO2S. The van der Waals surface area contributed by atoms with Crippen molar-refractivity contribution in [3.63, 3.8) is 0 Å². The van der Waals surface area contributed by atoms with Gasteiger partial charge >= 0.3 is 5.76 Å². The second-order valence-electron chi connectivity index (χ2n) is 5.85. The average Bonchev–Trinajstić information content (AvgIpc) is 2.44. The average molecular weight is 317 g/mol. The van der Waals surface area contributed by atoms with E-state index in [2.05, 4.69) is 19.2 Å². The largest absolute Gasteiger partial charge is 0.382 e. The third kappa shape index (κ3) is 3.54. The number of halogens is 2. The van der Waals surface area contributed by atoms with Crippen LogP contribution in [0.15, 0.2) is 29.2 Å². The Hall–Kier alpha value is -1.17. The Bertz CT molecular complexity index is 572. The first kappa shape index (κ1) is 16.2. The van der Waals surface area contributed by atoms with Crippen LogP contribution in [0.5, 0.6) is 0 Å². The molecule has 3 unspecified atom stereocenters. The summed E-state index contributed by atoms with van der Waals surface area (Å²) in [6.07, 6.45) is 3.47. The molecule has 0 aliphatic heterocycles. The molecule has 1 saturated carbocycles. The molecule has 0 aromatic heterocycles. The Kier molecular flexibility index (Phi) is 4.86. The molecule has 2 rings (SSSR count). The van der Waals surface area contributed by atoms with E-state index in [9.17, 15) is 17.2 Å². The number of benzene rings is 1. The van der Waals surface area contributed by atoms with Crippen molar-refractivity contribution in [2.24, 2.45) is 11.8 Å². The van der Waals surface area contributed by atoms with Crippen LogP contribution in [0.1, 0.15) is 33.1 Å². The van der Waals surface area contributed by atoms with E-state index in [0.717, 1.165) is 12.1 Å². The first-order valence-electron chi connectivity index (χ1n) is 7.21. The third-order valence-corrected chi connectivity index (χ3v) is 5.87. The number of nitrogens with one attached hydrogen (secondary N) is 1. The van der Waals surface area contributed by atoms with Gasteiger partial charge in [0.1, 0.15) is 0 Å². The summed E-state index contributed by atoms with van der Waals surface area (Å²) in [6.45, 7) is 4.44. The molecule has 1 N–H and O–H groups in total. The Morgan fingerprint density at radius 1 is 1.14 bits per heavy atom. The minimum atomic E-state index is -4.51. The van der Waals surface area contributed by atoms with Crippen LogP contribution in [0.3, 0.4) is 0 Å². The van der Waals surface area contributed by atoms with E-state index in [1.54, 1.807) is 12.1 Å². The highest BCUT2D eigenvalue weighted by atomic mass is 32.2. The first-order valence-corrected chi connectivity index (χ1v) is 8.75. The molecule has 1 aliphatic carbocycles. The molecule has 3 atom stereocenters. The second kappa shape index (κ2) is 6.30. The van der Waals surface area contributed by atoms with Crippen LogP contribution in [0.4, 0.5) is 14.5 Å². The van der Waals surface area contributed by atoms with Crippen molar-refractivity contribution in [3.05, 3.63) is 24.3 Å². The highest BCUT2D eigenvalue weighted by Crippen LogP contribution is 2.31. The molecule has 3 nitrogen and oxygen atoms in total. The smallest absolute Gasteiger partial charge is 0.341 e. The number of rotatable bonds is 4. The van der Waals surface area contributed by atoms with Crippen LogP contribution in [0, 0.1) is 11.8 Å². The van der Waals surface area contributed by atoms with Gasteiger partial charge in [-0.1, -0.05) is 26.7 Å². The molecule has 0 radical (unpaired) electrons. The van der Waals surface area contributed by atoms with E-state index >= 15 is 0 Å². The molecule has 6 heteroatoms. The summed E-state index contributed by atoms with van der Waals surface area (Å²) in [6, 6.07) is 5.93. The van der Waals surface area contributed by atoms with Crippen LogP contribution in [-0.4, -0.2) is 20.2 Å². The van der Waals surface area contributed by atoms with Crippen molar-refractivity contribution in [2.75, 3.05) is 5.32 Å². The maximum atomic E-state index is 12.5. The molecule has 1 aliphatic rings. The molecule has 0 spiro atoms. The summed E-state index contributed by atoms with van der Waals surface area (Å²) in [5.41, 5.74) is 0.772. The lowest BCUT2D eigenvalue weighted by Crippen LogP contribution is -2.34. The maximum absolute atomic E-state index is 12.5. The van der Waals surface area contributed by atoms with Gasteiger partial charge in [-0.05, 0) is 42.5 Å². The van der Waals surface area contributed by atoms with Gasteiger partial charge in [0.15, 0.2) is 0 Å². The maximum Gasteiger partial charge on any atom is 0.341 e. The van der Waals surface area contributed by atoms with Crippen LogP contribution in [-0.2, 0) is 9.84 Å². The number of hydrogen-bond acceptors (Lipinski definition) is 3. The van der Waals surface area contributed by atoms with Crippen LogP contribution in [0.2, 0.25) is 0 Å². The highest BCUT2D eigenvalue weighted by molar-refractivity contribution is 7.91. The standard InChI is InChI=1S/C15H21F2NO2S/c1-10-4-3-5-14(11(10)2)18-12-6-8-13(9-7-12)21(19,20)15(16)17/h6-11,14-15,18H,3-5H2,1-2H3. The van der Waals surface area contributed by atoms with E-state index in [1.807, 2.05) is 0 Å². The zero-order valence-electron chi connectivity index (χ0n) is 12.2. The Morgan fingerprint density at radius 3 is 2.33 bits per heavy atom. The summed E-state index contributed by atoms with van der Waals surface area (Å²) < 4.78 is 47.6. The molecule has 0 heterocycles. The summed E-state index contributed by atoms with van der Waals surface area (Å²) in [7, 11) is -4.51. The molecule has 21 heavy (non-hydrogen) atoms. The molecule has 0 amide bonds. The van der Waals surface area contributed by atoms with E-state index in [4.69, 9.17) is 0 Å².